The molecule has 2 fully saturated rings. The third kappa shape index (κ3) is 1.35. The Labute approximate surface area is 92.1 Å². The van der Waals surface area contributed by atoms with Crippen LogP contribution < -0.4 is 4.90 Å². The Morgan fingerprint density at radius 1 is 1.29 bits per heavy atom. The molecular formula is C9H9Cl2N3. The molecule has 1 saturated heterocycles. The lowest BCUT2D eigenvalue weighted by Crippen LogP contribution is -2.23. The molecule has 3 rings (SSSR count). The van der Waals surface area contributed by atoms with E-state index >= 15 is 0 Å². The van der Waals surface area contributed by atoms with Gasteiger partial charge in [-0.25, -0.2) is 4.98 Å². The van der Waals surface area contributed by atoms with Gasteiger partial charge in [-0.3, -0.25) is 0 Å². The van der Waals surface area contributed by atoms with E-state index in [0.717, 1.165) is 30.7 Å². The minimum atomic E-state index is 0.268. The molecule has 2 heterocycles. The first-order chi connectivity index (χ1) is 6.74. The van der Waals surface area contributed by atoms with E-state index in [1.807, 2.05) is 0 Å². The van der Waals surface area contributed by atoms with Crippen LogP contribution in [-0.4, -0.2) is 23.1 Å². The maximum absolute atomic E-state index is 6.01. The first kappa shape index (κ1) is 8.74. The summed E-state index contributed by atoms with van der Waals surface area (Å²) in [7, 11) is 0. The summed E-state index contributed by atoms with van der Waals surface area (Å²) in [6, 6.07) is 0. The van der Waals surface area contributed by atoms with Gasteiger partial charge in [0.25, 0.3) is 0 Å². The number of halogens is 2. The molecular weight excluding hydrogens is 221 g/mol. The van der Waals surface area contributed by atoms with Crippen molar-refractivity contribution in [1.29, 1.82) is 0 Å². The molecule has 0 N–H and O–H groups in total. The molecule has 0 amide bonds. The van der Waals surface area contributed by atoms with Crippen molar-refractivity contribution in [2.24, 2.45) is 11.8 Å². The second kappa shape index (κ2) is 2.97. The summed E-state index contributed by atoms with van der Waals surface area (Å²) in [6.45, 7) is 2.13. The zero-order chi connectivity index (χ0) is 9.71. The van der Waals surface area contributed by atoms with Crippen LogP contribution in [-0.2, 0) is 0 Å². The van der Waals surface area contributed by atoms with Gasteiger partial charge in [0.05, 0.1) is 6.20 Å². The Hall–Kier alpha value is -0.540. The fourth-order valence-corrected chi connectivity index (χ4v) is 2.47. The molecule has 5 heteroatoms. The van der Waals surface area contributed by atoms with Gasteiger partial charge in [-0.2, -0.15) is 4.98 Å². The molecule has 1 aliphatic heterocycles. The monoisotopic (exact) mass is 229 g/mol. The number of fused-ring (bicyclic) bond motifs is 1. The minimum Gasteiger partial charge on any atom is -0.355 e. The predicted octanol–water partition coefficient (Wildman–Crippen LogP) is 2.24. The van der Waals surface area contributed by atoms with Crippen molar-refractivity contribution in [3.63, 3.8) is 0 Å². The smallest absolute Gasteiger partial charge is 0.224 e. The van der Waals surface area contributed by atoms with E-state index in [1.54, 1.807) is 6.20 Å². The van der Waals surface area contributed by atoms with E-state index in [1.165, 1.54) is 6.42 Å². The van der Waals surface area contributed by atoms with Crippen LogP contribution in [0.4, 0.5) is 5.82 Å². The highest BCUT2D eigenvalue weighted by Gasteiger charge is 2.45. The molecule has 1 aromatic heterocycles. The van der Waals surface area contributed by atoms with Crippen molar-refractivity contribution < 1.29 is 0 Å². The van der Waals surface area contributed by atoms with Crippen LogP contribution >= 0.6 is 23.2 Å². The van der Waals surface area contributed by atoms with Gasteiger partial charge in [0, 0.05) is 13.1 Å². The minimum absolute atomic E-state index is 0.268. The molecule has 3 nitrogen and oxygen atoms in total. The van der Waals surface area contributed by atoms with Gasteiger partial charge in [0.2, 0.25) is 5.28 Å². The van der Waals surface area contributed by atoms with E-state index in [-0.39, 0.29) is 5.28 Å². The molecule has 1 saturated carbocycles. The zero-order valence-electron chi connectivity index (χ0n) is 7.45. The van der Waals surface area contributed by atoms with Gasteiger partial charge >= 0.3 is 0 Å². The molecule has 0 bridgehead atoms. The van der Waals surface area contributed by atoms with Crippen LogP contribution in [0.1, 0.15) is 6.42 Å². The maximum atomic E-state index is 6.01. The van der Waals surface area contributed by atoms with E-state index < -0.39 is 0 Å². The fourth-order valence-electron chi connectivity index (χ4n) is 2.13. The van der Waals surface area contributed by atoms with Crippen molar-refractivity contribution in [3.05, 3.63) is 16.5 Å². The van der Waals surface area contributed by atoms with Gasteiger partial charge in [0.1, 0.15) is 5.02 Å². The summed E-state index contributed by atoms with van der Waals surface area (Å²) in [5, 5.41) is 0.862. The second-order valence-electron chi connectivity index (χ2n) is 3.97. The molecule has 2 aliphatic rings. The van der Waals surface area contributed by atoms with Crippen molar-refractivity contribution in [2.75, 3.05) is 18.0 Å². The Bertz CT molecular complexity index is 372. The van der Waals surface area contributed by atoms with E-state index in [2.05, 4.69) is 14.9 Å². The normalized spacial score (nSPS) is 29.1. The average Bonchev–Trinajstić information content (AvgIpc) is 2.78. The molecule has 1 aromatic rings. The number of aromatic nitrogens is 2. The molecule has 14 heavy (non-hydrogen) atoms. The second-order valence-corrected chi connectivity index (χ2v) is 4.72. The number of hydrogen-bond acceptors (Lipinski definition) is 3. The Balaban J connectivity index is 1.91. The number of rotatable bonds is 1. The standard InChI is InChI=1S/C9H9Cl2N3/c10-7-2-12-9(11)13-8(7)14-3-5-1-6(5)4-14/h2,5-6H,1,3-4H2. The van der Waals surface area contributed by atoms with Gasteiger partial charge in [-0.1, -0.05) is 11.6 Å². The highest BCUT2D eigenvalue weighted by atomic mass is 35.5. The molecule has 2 unspecified atom stereocenters. The van der Waals surface area contributed by atoms with Crippen molar-refractivity contribution in [3.8, 4) is 0 Å². The van der Waals surface area contributed by atoms with Crippen molar-refractivity contribution in [2.45, 2.75) is 6.42 Å². The summed E-state index contributed by atoms with van der Waals surface area (Å²) < 4.78 is 0. The lowest BCUT2D eigenvalue weighted by Gasteiger charge is -2.19. The molecule has 2 atom stereocenters. The van der Waals surface area contributed by atoms with Crippen LogP contribution in [0, 0.1) is 11.8 Å². The SMILES string of the molecule is Clc1ncc(Cl)c(N2CC3CC3C2)n1. The average molecular weight is 230 g/mol. The zero-order valence-corrected chi connectivity index (χ0v) is 8.96. The summed E-state index contributed by atoms with van der Waals surface area (Å²) >= 11 is 11.7. The van der Waals surface area contributed by atoms with Crippen LogP contribution in [0.15, 0.2) is 6.20 Å². The highest BCUT2D eigenvalue weighted by Crippen LogP contribution is 2.46. The number of anilines is 1. The van der Waals surface area contributed by atoms with E-state index in [9.17, 15) is 0 Å². The third-order valence-corrected chi connectivity index (χ3v) is 3.42. The highest BCUT2D eigenvalue weighted by molar-refractivity contribution is 6.33. The summed E-state index contributed by atoms with van der Waals surface area (Å²) in [6.07, 6.45) is 2.93. The lowest BCUT2D eigenvalue weighted by atomic mass is 10.4. The van der Waals surface area contributed by atoms with Crippen molar-refractivity contribution in [1.82, 2.24) is 9.97 Å². The van der Waals surface area contributed by atoms with Crippen LogP contribution in [0.5, 0.6) is 0 Å². The molecule has 0 spiro atoms. The maximum Gasteiger partial charge on any atom is 0.224 e. The molecule has 0 aromatic carbocycles. The van der Waals surface area contributed by atoms with Crippen LogP contribution in [0.3, 0.4) is 0 Å². The summed E-state index contributed by atoms with van der Waals surface area (Å²) in [4.78, 5) is 10.2. The summed E-state index contributed by atoms with van der Waals surface area (Å²) in [5.74, 6) is 2.51. The predicted molar refractivity (Wildman–Crippen MR) is 55.9 cm³/mol. The number of nitrogens with zero attached hydrogens (tertiary/aromatic N) is 3. The van der Waals surface area contributed by atoms with E-state index in [4.69, 9.17) is 23.2 Å². The molecule has 0 radical (unpaired) electrons. The fraction of sp³-hybridized carbons (Fsp3) is 0.556. The third-order valence-electron chi connectivity index (χ3n) is 2.97. The molecule has 74 valence electrons. The van der Waals surface area contributed by atoms with Gasteiger partial charge in [-0.15, -0.1) is 0 Å². The lowest BCUT2D eigenvalue weighted by molar-refractivity contribution is 0.803. The largest absolute Gasteiger partial charge is 0.355 e. The Morgan fingerprint density at radius 2 is 2.00 bits per heavy atom. The van der Waals surface area contributed by atoms with Crippen molar-refractivity contribution >= 4 is 29.0 Å². The number of piperidine rings is 1. The number of hydrogen-bond donors (Lipinski definition) is 0. The quantitative estimate of drug-likeness (QED) is 0.693. The summed E-state index contributed by atoms with van der Waals surface area (Å²) in [5.41, 5.74) is 0. The Kier molecular flexibility index (Phi) is 1.86. The topological polar surface area (TPSA) is 29.0 Å². The van der Waals surface area contributed by atoms with Crippen LogP contribution in [0.25, 0.3) is 0 Å². The van der Waals surface area contributed by atoms with Gasteiger partial charge in [0.15, 0.2) is 5.82 Å². The Morgan fingerprint density at radius 3 is 2.71 bits per heavy atom. The molecule has 1 aliphatic carbocycles. The van der Waals surface area contributed by atoms with E-state index in [0.29, 0.717) is 5.02 Å². The first-order valence-corrected chi connectivity index (χ1v) is 5.42. The van der Waals surface area contributed by atoms with Crippen LogP contribution in [0.2, 0.25) is 10.3 Å². The van der Waals surface area contributed by atoms with Gasteiger partial charge < -0.3 is 4.90 Å². The van der Waals surface area contributed by atoms with Gasteiger partial charge in [-0.05, 0) is 29.9 Å². The first-order valence-electron chi connectivity index (χ1n) is 4.67.